The lowest BCUT2D eigenvalue weighted by Crippen LogP contribution is -3.00. The topological polar surface area (TPSA) is 66.2 Å². The summed E-state index contributed by atoms with van der Waals surface area (Å²) in [5.74, 6) is 1.09. The number of aliphatic hydroxyl groups is 1. The van der Waals surface area contributed by atoms with Crippen LogP contribution in [0.1, 0.15) is 199 Å². The highest BCUT2D eigenvalue weighted by Gasteiger charge is 2.17. The molecule has 0 saturated heterocycles. The van der Waals surface area contributed by atoms with Crippen LogP contribution in [-0.2, 0) is 28.9 Å². The van der Waals surface area contributed by atoms with E-state index in [4.69, 9.17) is 4.74 Å². The van der Waals surface area contributed by atoms with Crippen molar-refractivity contribution in [2.24, 2.45) is 0 Å². The van der Waals surface area contributed by atoms with Crippen molar-refractivity contribution in [1.29, 1.82) is 0 Å². The molecule has 0 amide bonds. The number of halogens is 1. The number of allylic oxidation sites excluding steroid dienone is 4. The lowest BCUT2D eigenvalue weighted by Gasteiger charge is -2.06. The summed E-state index contributed by atoms with van der Waals surface area (Å²) in [4.78, 5) is 15.7. The van der Waals surface area contributed by atoms with Gasteiger partial charge in [-0.3, -0.25) is 4.79 Å². The van der Waals surface area contributed by atoms with E-state index in [1.807, 2.05) is 6.20 Å². The van der Waals surface area contributed by atoms with Crippen LogP contribution in [0.5, 0.6) is 0 Å². The van der Waals surface area contributed by atoms with Gasteiger partial charge in [0, 0.05) is 19.3 Å². The maximum absolute atomic E-state index is 12.3. The summed E-state index contributed by atoms with van der Waals surface area (Å²) in [5.41, 5.74) is 1.11. The highest BCUT2D eigenvalue weighted by molar-refractivity contribution is 5.69. The quantitative estimate of drug-likeness (QED) is 0.0324. The minimum atomic E-state index is -0.0830. The van der Waals surface area contributed by atoms with E-state index in [2.05, 4.69) is 47.7 Å². The summed E-state index contributed by atoms with van der Waals surface area (Å²) in [6.07, 6.45) is 47.1. The molecule has 1 aromatic rings. The molecule has 1 rings (SSSR count). The van der Waals surface area contributed by atoms with Gasteiger partial charge < -0.3 is 22.3 Å². The number of esters is 1. The summed E-state index contributed by atoms with van der Waals surface area (Å²) >= 11 is 0. The summed E-state index contributed by atoms with van der Waals surface area (Å²) in [5, 5.41) is 9.64. The number of aromatic nitrogens is 2. The Morgan fingerprint density at radius 3 is 1.56 bits per heavy atom. The number of aliphatic hydroxyl groups excluding tert-OH is 1. The fourth-order valence-electron chi connectivity index (χ4n) is 6.33. The Labute approximate surface area is 303 Å². The minimum Gasteiger partial charge on any atom is -1.00 e. The largest absolute Gasteiger partial charge is 1.00 e. The highest BCUT2D eigenvalue weighted by atomic mass is 35.5. The van der Waals surface area contributed by atoms with Crippen LogP contribution in [0, 0.1) is 0 Å². The number of hydrogen-bond acceptors (Lipinski definition) is 3. The Bertz CT molecular complexity index is 882. The van der Waals surface area contributed by atoms with Crippen LogP contribution in [-0.4, -0.2) is 29.3 Å². The van der Waals surface area contributed by atoms with Crippen molar-refractivity contribution >= 4 is 5.97 Å². The lowest BCUT2D eigenvalue weighted by atomic mass is 10.1. The number of rotatable bonds is 35. The molecule has 280 valence electrons. The number of aromatic amines is 1. The zero-order chi connectivity index (χ0) is 33.9. The van der Waals surface area contributed by atoms with Crippen molar-refractivity contribution in [3.8, 4) is 0 Å². The normalized spacial score (nSPS) is 11.6. The number of ether oxygens (including phenoxy) is 1. The van der Waals surface area contributed by atoms with Crippen molar-refractivity contribution in [3.63, 3.8) is 0 Å². The zero-order valence-corrected chi connectivity index (χ0v) is 32.4. The number of nitrogens with zero attached hydrogens (tertiary/aromatic N) is 1. The second kappa shape index (κ2) is 36.7. The van der Waals surface area contributed by atoms with Crippen LogP contribution in [0.3, 0.4) is 0 Å². The molecule has 0 unspecified atom stereocenters. The van der Waals surface area contributed by atoms with E-state index in [-0.39, 0.29) is 25.0 Å². The van der Waals surface area contributed by atoms with E-state index in [9.17, 15) is 9.90 Å². The fourth-order valence-corrected chi connectivity index (χ4v) is 6.33. The van der Waals surface area contributed by atoms with Gasteiger partial charge in [-0.05, 0) is 64.2 Å². The third kappa shape index (κ3) is 28.3. The van der Waals surface area contributed by atoms with E-state index in [0.717, 1.165) is 31.4 Å². The molecule has 1 heterocycles. The van der Waals surface area contributed by atoms with Crippen molar-refractivity contribution in [3.05, 3.63) is 42.0 Å². The maximum Gasteiger partial charge on any atom is 0.305 e. The molecular formula is C42H77ClN2O3. The monoisotopic (exact) mass is 693 g/mol. The first kappa shape index (κ1) is 46.4. The van der Waals surface area contributed by atoms with E-state index in [0.29, 0.717) is 26.0 Å². The number of carbonyl (C=O) groups excluding carboxylic acids is 1. The van der Waals surface area contributed by atoms with Gasteiger partial charge >= 0.3 is 5.97 Å². The Balaban J connectivity index is 0.0000221. The Morgan fingerprint density at radius 2 is 1.08 bits per heavy atom. The average Bonchev–Trinajstić information content (AvgIpc) is 3.45. The van der Waals surface area contributed by atoms with Crippen molar-refractivity contribution < 1.29 is 31.6 Å². The van der Waals surface area contributed by atoms with Crippen LogP contribution in [0.25, 0.3) is 0 Å². The molecule has 5 nitrogen and oxygen atoms in total. The molecule has 0 spiro atoms. The first-order valence-corrected chi connectivity index (χ1v) is 20.4. The molecule has 6 heteroatoms. The Kier molecular flexibility index (Phi) is 35.5. The average molecular weight is 694 g/mol. The predicted octanol–water partition coefficient (Wildman–Crippen LogP) is 8.61. The predicted molar refractivity (Wildman–Crippen MR) is 201 cm³/mol. The Morgan fingerprint density at radius 1 is 0.646 bits per heavy atom. The first-order chi connectivity index (χ1) is 23.2. The lowest BCUT2D eigenvalue weighted by molar-refractivity contribution is -0.711. The van der Waals surface area contributed by atoms with Gasteiger partial charge in [-0.15, -0.1) is 0 Å². The number of H-pyrrole nitrogens is 1. The van der Waals surface area contributed by atoms with Crippen molar-refractivity contribution in [2.75, 3.05) is 13.2 Å². The maximum atomic E-state index is 12.3. The van der Waals surface area contributed by atoms with Crippen LogP contribution >= 0.6 is 0 Å². The summed E-state index contributed by atoms with van der Waals surface area (Å²) in [6.45, 7) is 5.65. The third-order valence-corrected chi connectivity index (χ3v) is 9.34. The van der Waals surface area contributed by atoms with Gasteiger partial charge in [0.2, 0.25) is 0 Å². The zero-order valence-electron chi connectivity index (χ0n) is 31.6. The molecule has 0 saturated carbocycles. The van der Waals surface area contributed by atoms with Gasteiger partial charge in [-0.25, -0.2) is 9.55 Å². The van der Waals surface area contributed by atoms with Gasteiger partial charge in [0.05, 0.1) is 13.2 Å². The van der Waals surface area contributed by atoms with Crippen LogP contribution in [0.4, 0.5) is 0 Å². The summed E-state index contributed by atoms with van der Waals surface area (Å²) in [6, 6.07) is 0. The first-order valence-electron chi connectivity index (χ1n) is 20.4. The highest BCUT2D eigenvalue weighted by Crippen LogP contribution is 2.12. The summed E-state index contributed by atoms with van der Waals surface area (Å²) in [7, 11) is 0. The standard InChI is InChI=1S/C42H76N2O3.ClH/c1-3-5-7-9-11-13-15-17-19-21-23-25-27-29-31-33-41-43-39-40(44(41)36-37-45)35-38-47-42(46)34-32-30-28-26-24-22-20-18-16-14-12-10-8-6-4-2;/h17-20,39,45H,3-16,21-38H2,1-2H3;1H/b19-17-,20-18-;. The van der Waals surface area contributed by atoms with Gasteiger partial charge in [-0.2, -0.15) is 0 Å². The molecule has 0 aromatic carbocycles. The van der Waals surface area contributed by atoms with E-state index >= 15 is 0 Å². The van der Waals surface area contributed by atoms with Crippen molar-refractivity contribution in [1.82, 2.24) is 4.98 Å². The van der Waals surface area contributed by atoms with Crippen LogP contribution < -0.4 is 17.0 Å². The van der Waals surface area contributed by atoms with Crippen molar-refractivity contribution in [2.45, 2.75) is 207 Å². The number of unbranched alkanes of at least 4 members (excludes halogenated alkanes) is 22. The SMILES string of the molecule is CCCCCCCC/C=C\CCCCCCCC(=O)OCCc1c[nH]c(CCCCCCC/C=C\CCCCCCCC)[n+]1CCO.[Cl-]. The fraction of sp³-hybridized carbons (Fsp3) is 0.810. The number of hydrogen-bond donors (Lipinski definition) is 2. The molecule has 2 N–H and O–H groups in total. The number of aryl methyl sites for hydroxylation is 1. The third-order valence-electron chi connectivity index (χ3n) is 9.34. The van der Waals surface area contributed by atoms with E-state index in [1.165, 1.54) is 154 Å². The molecule has 0 atom stereocenters. The molecule has 0 bridgehead atoms. The van der Waals surface area contributed by atoms with Gasteiger partial charge in [0.1, 0.15) is 18.4 Å². The molecule has 0 fully saturated rings. The number of carbonyl (C=O) groups is 1. The molecule has 0 aliphatic heterocycles. The molecule has 0 aliphatic carbocycles. The Hall–Kier alpha value is -1.59. The molecule has 0 radical (unpaired) electrons. The molecule has 0 aliphatic rings. The smallest absolute Gasteiger partial charge is 0.305 e. The van der Waals surface area contributed by atoms with Crippen LogP contribution in [0.2, 0.25) is 0 Å². The molecule has 48 heavy (non-hydrogen) atoms. The van der Waals surface area contributed by atoms with Gasteiger partial charge in [-0.1, -0.05) is 141 Å². The van der Waals surface area contributed by atoms with E-state index in [1.54, 1.807) is 0 Å². The molecular weight excluding hydrogens is 616 g/mol. The van der Waals surface area contributed by atoms with E-state index < -0.39 is 0 Å². The second-order valence-electron chi connectivity index (χ2n) is 13.7. The van der Waals surface area contributed by atoms with Gasteiger partial charge in [0.15, 0.2) is 0 Å². The van der Waals surface area contributed by atoms with Crippen LogP contribution in [0.15, 0.2) is 30.5 Å². The number of nitrogens with one attached hydrogen (secondary N) is 1. The second-order valence-corrected chi connectivity index (χ2v) is 13.7. The minimum absolute atomic E-state index is 0. The van der Waals surface area contributed by atoms with Gasteiger partial charge in [0.25, 0.3) is 5.82 Å². The number of imidazole rings is 1. The molecule has 1 aromatic heterocycles. The summed E-state index contributed by atoms with van der Waals surface area (Å²) < 4.78 is 7.74.